The predicted molar refractivity (Wildman–Crippen MR) is 41.6 cm³/mol. The van der Waals surface area contributed by atoms with Crippen molar-refractivity contribution in [3.63, 3.8) is 0 Å². The molecule has 1 heterocycles. The highest BCUT2D eigenvalue weighted by molar-refractivity contribution is 5.03. The van der Waals surface area contributed by atoms with Gasteiger partial charge in [0.1, 0.15) is 0 Å². The van der Waals surface area contributed by atoms with Crippen molar-refractivity contribution in [1.82, 2.24) is 10.3 Å². The van der Waals surface area contributed by atoms with Crippen LogP contribution in [-0.4, -0.2) is 11.5 Å². The maximum Gasteiger partial charge on any atom is 0.176 e. The van der Waals surface area contributed by atoms with Gasteiger partial charge in [0.05, 0.1) is 0 Å². The number of aromatic nitrogens is 1. The molecular weight excluding hydrogens is 138 g/mol. The molecule has 56 valence electrons. The van der Waals surface area contributed by atoms with E-state index in [9.17, 15) is 0 Å². The van der Waals surface area contributed by atoms with E-state index in [0.717, 1.165) is 12.1 Å². The summed E-state index contributed by atoms with van der Waals surface area (Å²) in [5.74, 6) is 0. The third-order valence-electron chi connectivity index (χ3n) is 1.31. The van der Waals surface area contributed by atoms with Crippen molar-refractivity contribution in [3.8, 4) is 6.19 Å². The minimum absolute atomic E-state index is 0.660. The Hall–Kier alpha value is -1.56. The van der Waals surface area contributed by atoms with Gasteiger partial charge in [-0.3, -0.25) is 4.98 Å². The van der Waals surface area contributed by atoms with Gasteiger partial charge in [-0.1, -0.05) is 6.07 Å². The second-order valence-corrected chi connectivity index (χ2v) is 2.11. The van der Waals surface area contributed by atoms with Crippen LogP contribution < -0.4 is 5.32 Å². The molecule has 0 aromatic carbocycles. The molecule has 0 radical (unpaired) electrons. The Morgan fingerprint density at radius 1 is 1.55 bits per heavy atom. The summed E-state index contributed by atoms with van der Waals surface area (Å²) in [6.07, 6.45) is 4.41. The quantitative estimate of drug-likeness (QED) is 0.389. The Labute approximate surface area is 65.7 Å². The normalized spacial score (nSPS) is 8.64. The van der Waals surface area contributed by atoms with Crippen molar-refractivity contribution in [3.05, 3.63) is 30.1 Å². The predicted octanol–water partition coefficient (Wildman–Crippen LogP) is 0.695. The van der Waals surface area contributed by atoms with Gasteiger partial charge in [-0.25, -0.2) is 0 Å². The topological polar surface area (TPSA) is 48.7 Å². The number of hydrogen-bond acceptors (Lipinski definition) is 3. The van der Waals surface area contributed by atoms with Gasteiger partial charge >= 0.3 is 0 Å². The van der Waals surface area contributed by atoms with Crippen molar-refractivity contribution < 1.29 is 0 Å². The molecule has 0 bridgehead atoms. The zero-order valence-electron chi connectivity index (χ0n) is 6.12. The Morgan fingerprint density at radius 3 is 3.09 bits per heavy atom. The fourth-order valence-electron chi connectivity index (χ4n) is 0.792. The molecule has 0 amide bonds. The third kappa shape index (κ3) is 2.67. The molecule has 3 nitrogen and oxygen atoms in total. The first-order chi connectivity index (χ1) is 5.43. The van der Waals surface area contributed by atoms with E-state index >= 15 is 0 Å². The molecular formula is C8H9N3. The van der Waals surface area contributed by atoms with E-state index in [1.165, 1.54) is 0 Å². The minimum atomic E-state index is 0.660. The van der Waals surface area contributed by atoms with Gasteiger partial charge in [0.15, 0.2) is 6.19 Å². The average Bonchev–Trinajstić information content (AvgIpc) is 2.07. The van der Waals surface area contributed by atoms with Crippen LogP contribution in [-0.2, 0) is 6.42 Å². The molecule has 1 N–H and O–H groups in total. The van der Waals surface area contributed by atoms with Gasteiger partial charge < -0.3 is 5.32 Å². The van der Waals surface area contributed by atoms with E-state index in [2.05, 4.69) is 10.3 Å². The van der Waals surface area contributed by atoms with E-state index in [-0.39, 0.29) is 0 Å². The van der Waals surface area contributed by atoms with Gasteiger partial charge in [0.2, 0.25) is 0 Å². The monoisotopic (exact) mass is 147 g/mol. The van der Waals surface area contributed by atoms with Crippen LogP contribution in [0.25, 0.3) is 0 Å². The summed E-state index contributed by atoms with van der Waals surface area (Å²) in [6, 6.07) is 5.76. The highest BCUT2D eigenvalue weighted by Gasteiger charge is 1.89. The van der Waals surface area contributed by atoms with Gasteiger partial charge in [0.25, 0.3) is 0 Å². The number of pyridine rings is 1. The Bertz CT molecular complexity index is 237. The fraction of sp³-hybridized carbons (Fsp3) is 0.250. The minimum Gasteiger partial charge on any atom is -0.323 e. The Kier molecular flexibility index (Phi) is 2.94. The van der Waals surface area contributed by atoms with E-state index < -0.39 is 0 Å². The van der Waals surface area contributed by atoms with Crippen LogP contribution in [0.3, 0.4) is 0 Å². The number of hydrogen-bond donors (Lipinski definition) is 1. The molecule has 0 atom stereocenters. The van der Waals surface area contributed by atoms with Crippen LogP contribution in [0.5, 0.6) is 0 Å². The molecule has 3 heteroatoms. The molecule has 0 saturated carbocycles. The van der Waals surface area contributed by atoms with Gasteiger partial charge in [-0.15, -0.1) is 0 Å². The van der Waals surface area contributed by atoms with Crippen molar-refractivity contribution in [1.29, 1.82) is 5.26 Å². The van der Waals surface area contributed by atoms with Gasteiger partial charge in [-0.2, -0.15) is 5.26 Å². The molecule has 0 unspecified atom stereocenters. The molecule has 1 rings (SSSR count). The molecule has 0 aliphatic rings. The number of nitrogens with zero attached hydrogens (tertiary/aromatic N) is 2. The lowest BCUT2D eigenvalue weighted by atomic mass is 10.3. The van der Waals surface area contributed by atoms with Crippen molar-refractivity contribution in [2.45, 2.75) is 6.42 Å². The second-order valence-electron chi connectivity index (χ2n) is 2.11. The molecule has 1 aromatic heterocycles. The first-order valence-corrected chi connectivity index (χ1v) is 3.45. The Morgan fingerprint density at radius 2 is 2.45 bits per heavy atom. The summed E-state index contributed by atoms with van der Waals surface area (Å²) in [5, 5.41) is 10.7. The van der Waals surface area contributed by atoms with Crippen molar-refractivity contribution >= 4 is 0 Å². The lowest BCUT2D eigenvalue weighted by Gasteiger charge is -1.96. The van der Waals surface area contributed by atoms with E-state index in [0.29, 0.717) is 6.54 Å². The van der Waals surface area contributed by atoms with Crippen LogP contribution in [0.1, 0.15) is 5.69 Å². The number of nitriles is 1. The number of nitrogens with one attached hydrogen (secondary N) is 1. The highest BCUT2D eigenvalue weighted by Crippen LogP contribution is 1.92. The van der Waals surface area contributed by atoms with Crippen molar-refractivity contribution in [2.75, 3.05) is 6.54 Å². The fourth-order valence-corrected chi connectivity index (χ4v) is 0.792. The van der Waals surface area contributed by atoms with Crippen LogP contribution in [0.4, 0.5) is 0 Å². The molecule has 0 saturated heterocycles. The summed E-state index contributed by atoms with van der Waals surface area (Å²) >= 11 is 0. The summed E-state index contributed by atoms with van der Waals surface area (Å²) in [6.45, 7) is 0.660. The van der Waals surface area contributed by atoms with E-state index in [1.54, 1.807) is 6.20 Å². The molecule has 0 spiro atoms. The Balaban J connectivity index is 2.35. The van der Waals surface area contributed by atoms with E-state index in [4.69, 9.17) is 5.26 Å². The largest absolute Gasteiger partial charge is 0.323 e. The van der Waals surface area contributed by atoms with Gasteiger partial charge in [-0.05, 0) is 12.1 Å². The molecule has 0 aliphatic heterocycles. The van der Waals surface area contributed by atoms with Crippen LogP contribution in [0.15, 0.2) is 24.4 Å². The number of rotatable bonds is 3. The second kappa shape index (κ2) is 4.29. The first kappa shape index (κ1) is 7.55. The van der Waals surface area contributed by atoms with Gasteiger partial charge in [0, 0.05) is 24.9 Å². The maximum absolute atomic E-state index is 8.16. The molecule has 11 heavy (non-hydrogen) atoms. The third-order valence-corrected chi connectivity index (χ3v) is 1.31. The first-order valence-electron chi connectivity index (χ1n) is 3.45. The lowest BCUT2D eigenvalue weighted by Crippen LogP contribution is -2.10. The zero-order valence-corrected chi connectivity index (χ0v) is 6.12. The lowest BCUT2D eigenvalue weighted by molar-refractivity contribution is 0.822. The summed E-state index contributed by atoms with van der Waals surface area (Å²) in [7, 11) is 0. The average molecular weight is 147 g/mol. The molecule has 1 aromatic rings. The summed E-state index contributed by atoms with van der Waals surface area (Å²) in [4.78, 5) is 4.10. The zero-order chi connectivity index (χ0) is 7.94. The van der Waals surface area contributed by atoms with Crippen LogP contribution >= 0.6 is 0 Å². The van der Waals surface area contributed by atoms with Crippen LogP contribution in [0, 0.1) is 11.5 Å². The smallest absolute Gasteiger partial charge is 0.176 e. The standard InChI is InChI=1S/C8H9N3/c9-7-10-6-4-8-3-1-2-5-11-8/h1-3,5,10H,4,6H2. The van der Waals surface area contributed by atoms with Crippen molar-refractivity contribution in [2.24, 2.45) is 0 Å². The highest BCUT2D eigenvalue weighted by atomic mass is 14.8. The summed E-state index contributed by atoms with van der Waals surface area (Å²) in [5.41, 5.74) is 1.01. The SMILES string of the molecule is N#CNCCc1ccccn1. The van der Waals surface area contributed by atoms with Crippen LogP contribution in [0.2, 0.25) is 0 Å². The summed E-state index contributed by atoms with van der Waals surface area (Å²) < 4.78 is 0. The molecule has 0 aliphatic carbocycles. The van der Waals surface area contributed by atoms with E-state index in [1.807, 2.05) is 24.4 Å². The molecule has 0 fully saturated rings. The maximum atomic E-state index is 8.16.